The van der Waals surface area contributed by atoms with Crippen molar-refractivity contribution in [1.29, 1.82) is 0 Å². The van der Waals surface area contributed by atoms with Crippen molar-refractivity contribution >= 4 is 29.3 Å². The number of hydrogen-bond donors (Lipinski definition) is 1. The highest BCUT2D eigenvalue weighted by atomic mass is 35.5. The lowest BCUT2D eigenvalue weighted by molar-refractivity contribution is -0.112. The van der Waals surface area contributed by atoms with Crippen LogP contribution in [0.5, 0.6) is 5.75 Å². The van der Waals surface area contributed by atoms with Gasteiger partial charge in [0.1, 0.15) is 5.75 Å². The van der Waals surface area contributed by atoms with E-state index >= 15 is 0 Å². The van der Waals surface area contributed by atoms with Crippen LogP contribution in [0.4, 0.5) is 0 Å². The van der Waals surface area contributed by atoms with Crippen LogP contribution in [-0.4, -0.2) is 11.7 Å². The smallest absolute Gasteiger partial charge is 0.223 e. The molecule has 4 heteroatoms. The molecule has 0 fully saturated rings. The molecule has 13 heavy (non-hydrogen) atoms. The molecule has 0 N–H and O–H groups in total. The van der Waals surface area contributed by atoms with Gasteiger partial charge in [0, 0.05) is 5.02 Å². The van der Waals surface area contributed by atoms with Gasteiger partial charge in [-0.1, -0.05) is 11.6 Å². The zero-order valence-electron chi connectivity index (χ0n) is 7.08. The Kier molecular flexibility index (Phi) is 3.63. The molecule has 0 saturated carbocycles. The predicted octanol–water partition coefficient (Wildman–Crippen LogP) is 2.48. The van der Waals surface area contributed by atoms with E-state index in [4.69, 9.17) is 16.3 Å². The van der Waals surface area contributed by atoms with E-state index in [-0.39, 0.29) is 11.7 Å². The van der Waals surface area contributed by atoms with E-state index in [1.165, 1.54) is 0 Å². The maximum atomic E-state index is 10.5. The van der Waals surface area contributed by atoms with Gasteiger partial charge in [-0.2, -0.15) is 0 Å². The average molecular weight is 217 g/mol. The van der Waals surface area contributed by atoms with Crippen LogP contribution in [0, 0.1) is 6.92 Å². The summed E-state index contributed by atoms with van der Waals surface area (Å²) in [5.74, 6) is 0.659. The van der Waals surface area contributed by atoms with Crippen LogP contribution in [-0.2, 0) is 4.79 Å². The molecule has 0 spiro atoms. The van der Waals surface area contributed by atoms with Crippen molar-refractivity contribution in [3.05, 3.63) is 28.8 Å². The molecule has 70 valence electrons. The second-order valence-corrected chi connectivity index (χ2v) is 3.53. The molecule has 0 unspecified atom stereocenters. The number of benzene rings is 1. The molecule has 1 aromatic carbocycles. The first-order valence-electron chi connectivity index (χ1n) is 3.70. The Morgan fingerprint density at radius 1 is 1.62 bits per heavy atom. The largest absolute Gasteiger partial charge is 0.485 e. The van der Waals surface area contributed by atoms with E-state index < -0.39 is 0 Å². The molecule has 1 rings (SSSR count). The molecule has 0 heterocycles. The first-order chi connectivity index (χ1) is 6.09. The molecule has 1 aromatic rings. The quantitative estimate of drug-likeness (QED) is 0.786. The molecular weight excluding hydrogens is 208 g/mol. The van der Waals surface area contributed by atoms with Crippen LogP contribution in [0.1, 0.15) is 5.56 Å². The normalized spacial score (nSPS) is 9.77. The average Bonchev–Trinajstić information content (AvgIpc) is 2.02. The minimum absolute atomic E-state index is 0.0222. The van der Waals surface area contributed by atoms with E-state index in [1.54, 1.807) is 18.2 Å². The Balaban J connectivity index is 2.72. The fourth-order valence-corrected chi connectivity index (χ4v) is 1.21. The SMILES string of the molecule is Cc1cc(Cl)ccc1OCC(=O)S. The lowest BCUT2D eigenvalue weighted by Crippen LogP contribution is -2.05. The van der Waals surface area contributed by atoms with Gasteiger partial charge in [-0.05, 0) is 30.7 Å². The van der Waals surface area contributed by atoms with Gasteiger partial charge in [0.15, 0.2) is 6.61 Å². The zero-order chi connectivity index (χ0) is 9.84. The standard InChI is InChI=1S/C9H9ClO2S/c1-6-4-7(10)2-3-8(6)12-5-9(11)13/h2-4H,5H2,1H3,(H,11,13). The summed E-state index contributed by atoms with van der Waals surface area (Å²) in [7, 11) is 0. The Hall–Kier alpha value is -0.670. The fraction of sp³-hybridized carbons (Fsp3) is 0.222. The summed E-state index contributed by atoms with van der Waals surface area (Å²) in [5.41, 5.74) is 0.905. The number of carbonyl (C=O) groups is 1. The first kappa shape index (κ1) is 10.4. The van der Waals surface area contributed by atoms with E-state index in [2.05, 4.69) is 12.6 Å². The molecule has 0 atom stereocenters. The van der Waals surface area contributed by atoms with E-state index in [1.807, 2.05) is 6.92 Å². The number of thiol groups is 1. The van der Waals surface area contributed by atoms with E-state index in [0.29, 0.717) is 10.8 Å². The van der Waals surface area contributed by atoms with Gasteiger partial charge >= 0.3 is 0 Å². The van der Waals surface area contributed by atoms with Gasteiger partial charge in [0.05, 0.1) is 0 Å². The monoisotopic (exact) mass is 216 g/mol. The first-order valence-corrected chi connectivity index (χ1v) is 4.53. The second kappa shape index (κ2) is 4.53. The topological polar surface area (TPSA) is 26.3 Å². The molecule has 0 aliphatic rings. The number of ether oxygens (including phenoxy) is 1. The molecule has 0 amide bonds. The van der Waals surface area contributed by atoms with Crippen LogP contribution in [0.25, 0.3) is 0 Å². The summed E-state index contributed by atoms with van der Waals surface area (Å²) < 4.78 is 5.17. The molecule has 0 radical (unpaired) electrons. The number of aryl methyl sites for hydroxylation is 1. The third-order valence-corrected chi connectivity index (χ3v) is 1.85. The third-order valence-electron chi connectivity index (χ3n) is 1.49. The van der Waals surface area contributed by atoms with Crippen molar-refractivity contribution in [3.63, 3.8) is 0 Å². The Morgan fingerprint density at radius 2 is 2.31 bits per heavy atom. The highest BCUT2D eigenvalue weighted by Gasteiger charge is 2.01. The molecule has 0 aromatic heterocycles. The summed E-state index contributed by atoms with van der Waals surface area (Å²) in [6.45, 7) is 1.84. The molecule has 0 aliphatic heterocycles. The summed E-state index contributed by atoms with van der Waals surface area (Å²) in [6, 6.07) is 5.22. The highest BCUT2D eigenvalue weighted by Crippen LogP contribution is 2.21. The van der Waals surface area contributed by atoms with Gasteiger partial charge in [0.2, 0.25) is 5.12 Å². The molecule has 0 bridgehead atoms. The highest BCUT2D eigenvalue weighted by molar-refractivity contribution is 7.96. The Labute approximate surface area is 87.3 Å². The van der Waals surface area contributed by atoms with Crippen molar-refractivity contribution in [2.24, 2.45) is 0 Å². The van der Waals surface area contributed by atoms with Crippen LogP contribution in [0.3, 0.4) is 0 Å². The van der Waals surface area contributed by atoms with Gasteiger partial charge in [-0.15, -0.1) is 12.6 Å². The van der Waals surface area contributed by atoms with Crippen LogP contribution < -0.4 is 4.74 Å². The minimum atomic E-state index is -0.297. The van der Waals surface area contributed by atoms with Crippen molar-refractivity contribution in [2.45, 2.75) is 6.92 Å². The molecule has 0 saturated heterocycles. The van der Waals surface area contributed by atoms with E-state index in [9.17, 15) is 4.79 Å². The van der Waals surface area contributed by atoms with Crippen LogP contribution in [0.15, 0.2) is 18.2 Å². The molecular formula is C9H9ClO2S. The van der Waals surface area contributed by atoms with Gasteiger partial charge in [-0.3, -0.25) is 4.79 Å². The summed E-state index contributed by atoms with van der Waals surface area (Å²) in [4.78, 5) is 10.5. The van der Waals surface area contributed by atoms with Crippen LogP contribution >= 0.6 is 24.2 Å². The number of carbonyl (C=O) groups excluding carboxylic acids is 1. The molecule has 0 aliphatic carbocycles. The lowest BCUT2D eigenvalue weighted by Gasteiger charge is -2.06. The van der Waals surface area contributed by atoms with Crippen molar-refractivity contribution in [3.8, 4) is 5.75 Å². The van der Waals surface area contributed by atoms with Gasteiger partial charge < -0.3 is 4.74 Å². The maximum absolute atomic E-state index is 10.5. The maximum Gasteiger partial charge on any atom is 0.223 e. The van der Waals surface area contributed by atoms with E-state index in [0.717, 1.165) is 5.56 Å². The summed E-state index contributed by atoms with van der Waals surface area (Å²) in [5, 5.41) is 0.358. The van der Waals surface area contributed by atoms with Crippen molar-refractivity contribution in [2.75, 3.05) is 6.61 Å². The fourth-order valence-electron chi connectivity index (χ4n) is 0.914. The Bertz CT molecular complexity index is 325. The number of rotatable bonds is 3. The van der Waals surface area contributed by atoms with Crippen molar-refractivity contribution < 1.29 is 9.53 Å². The Morgan fingerprint density at radius 3 is 2.85 bits per heavy atom. The van der Waals surface area contributed by atoms with Gasteiger partial charge in [0.25, 0.3) is 0 Å². The minimum Gasteiger partial charge on any atom is -0.485 e. The lowest BCUT2D eigenvalue weighted by atomic mass is 10.2. The summed E-state index contributed by atoms with van der Waals surface area (Å²) >= 11 is 9.33. The van der Waals surface area contributed by atoms with Gasteiger partial charge in [-0.25, -0.2) is 0 Å². The summed E-state index contributed by atoms with van der Waals surface area (Å²) in [6.07, 6.45) is 0. The number of hydrogen-bond acceptors (Lipinski definition) is 2. The third kappa shape index (κ3) is 3.28. The van der Waals surface area contributed by atoms with Crippen molar-refractivity contribution in [1.82, 2.24) is 0 Å². The number of halogens is 1. The zero-order valence-corrected chi connectivity index (χ0v) is 8.73. The molecule has 2 nitrogen and oxygen atoms in total. The second-order valence-electron chi connectivity index (χ2n) is 2.59. The predicted molar refractivity (Wildman–Crippen MR) is 55.7 cm³/mol. The van der Waals surface area contributed by atoms with Crippen LogP contribution in [0.2, 0.25) is 5.02 Å².